The third-order valence-corrected chi connectivity index (χ3v) is 2.94. The fourth-order valence-corrected chi connectivity index (χ4v) is 1.23. The van der Waals surface area contributed by atoms with Gasteiger partial charge in [0.2, 0.25) is 0 Å². The van der Waals surface area contributed by atoms with E-state index in [1.807, 2.05) is 20.8 Å². The fourth-order valence-electron chi connectivity index (χ4n) is 1.23. The van der Waals surface area contributed by atoms with Crippen molar-refractivity contribution in [3.05, 3.63) is 18.0 Å². The molecule has 0 aromatic carbocycles. The van der Waals surface area contributed by atoms with Crippen LogP contribution in [0.4, 0.5) is 24.5 Å². The number of nitrogens with one attached hydrogen (secondary N) is 1. The van der Waals surface area contributed by atoms with Gasteiger partial charge in [0.05, 0.1) is 17.6 Å². The Balaban J connectivity index is 2.89. The first-order valence-electron chi connectivity index (χ1n) is 5.72. The Hall–Kier alpha value is -1.46. The minimum atomic E-state index is -4.45. The zero-order chi connectivity index (χ0) is 14.0. The molecule has 1 aromatic heterocycles. The predicted octanol–water partition coefficient (Wildman–Crippen LogP) is 3.53. The summed E-state index contributed by atoms with van der Waals surface area (Å²) in [5, 5.41) is 2.95. The third kappa shape index (κ3) is 3.78. The molecule has 1 aromatic rings. The predicted molar refractivity (Wildman–Crippen MR) is 66.2 cm³/mol. The van der Waals surface area contributed by atoms with E-state index < -0.39 is 11.9 Å². The summed E-state index contributed by atoms with van der Waals surface area (Å²) in [7, 11) is 0. The Bertz CT molecular complexity index is 414. The van der Waals surface area contributed by atoms with Crippen molar-refractivity contribution in [1.82, 2.24) is 4.98 Å². The first-order chi connectivity index (χ1) is 8.15. The van der Waals surface area contributed by atoms with Crippen molar-refractivity contribution in [1.29, 1.82) is 0 Å². The molecule has 1 rings (SSSR count). The average molecular weight is 261 g/mol. The lowest BCUT2D eigenvalue weighted by Crippen LogP contribution is -2.23. The van der Waals surface area contributed by atoms with Gasteiger partial charge in [0.1, 0.15) is 5.69 Å². The average Bonchev–Trinajstić information content (AvgIpc) is 2.26. The Morgan fingerprint density at radius 2 is 1.94 bits per heavy atom. The van der Waals surface area contributed by atoms with Gasteiger partial charge < -0.3 is 11.1 Å². The van der Waals surface area contributed by atoms with Crippen LogP contribution in [0.15, 0.2) is 12.3 Å². The van der Waals surface area contributed by atoms with Crippen LogP contribution in [0.3, 0.4) is 0 Å². The molecule has 0 saturated heterocycles. The second kappa shape index (κ2) is 5.04. The Morgan fingerprint density at radius 1 is 1.33 bits per heavy atom. The van der Waals surface area contributed by atoms with E-state index in [2.05, 4.69) is 10.3 Å². The molecule has 102 valence electrons. The number of hydrogen-bond donors (Lipinski definition) is 2. The van der Waals surface area contributed by atoms with E-state index in [1.165, 1.54) is 0 Å². The molecule has 3 N–H and O–H groups in total. The van der Waals surface area contributed by atoms with Crippen molar-refractivity contribution in [2.45, 2.75) is 33.4 Å². The van der Waals surface area contributed by atoms with Crippen molar-refractivity contribution in [3.8, 4) is 0 Å². The molecule has 0 saturated carbocycles. The number of aromatic nitrogens is 1. The molecule has 0 fully saturated rings. The number of nitrogens with zero attached hydrogens (tertiary/aromatic N) is 1. The van der Waals surface area contributed by atoms with Gasteiger partial charge in [-0.25, -0.2) is 4.98 Å². The molecule has 6 heteroatoms. The zero-order valence-electron chi connectivity index (χ0n) is 10.7. The lowest BCUT2D eigenvalue weighted by atomic mass is 9.90. The van der Waals surface area contributed by atoms with Crippen molar-refractivity contribution in [2.24, 2.45) is 5.41 Å². The first kappa shape index (κ1) is 14.6. The summed E-state index contributed by atoms with van der Waals surface area (Å²) in [5.74, 6) is 0. The van der Waals surface area contributed by atoms with Crippen molar-refractivity contribution in [2.75, 3.05) is 17.6 Å². The normalized spacial score (nSPS) is 12.6. The summed E-state index contributed by atoms with van der Waals surface area (Å²) in [5.41, 5.74) is 5.16. The van der Waals surface area contributed by atoms with Gasteiger partial charge in [0.25, 0.3) is 0 Å². The second-order valence-electron chi connectivity index (χ2n) is 5.03. The van der Waals surface area contributed by atoms with Crippen LogP contribution in [0.2, 0.25) is 0 Å². The number of alkyl halides is 3. The van der Waals surface area contributed by atoms with Crippen molar-refractivity contribution >= 4 is 11.4 Å². The summed E-state index contributed by atoms with van der Waals surface area (Å²) in [6.45, 7) is 6.64. The molecule has 18 heavy (non-hydrogen) atoms. The number of rotatable bonds is 4. The maximum Gasteiger partial charge on any atom is 0.433 e. The highest BCUT2D eigenvalue weighted by Gasteiger charge is 2.33. The molecule has 0 spiro atoms. The smallest absolute Gasteiger partial charge is 0.396 e. The molecule has 0 aliphatic heterocycles. The summed E-state index contributed by atoms with van der Waals surface area (Å²) in [6.07, 6.45) is -2.51. The van der Waals surface area contributed by atoms with Crippen LogP contribution >= 0.6 is 0 Å². The highest BCUT2D eigenvalue weighted by atomic mass is 19.4. The van der Waals surface area contributed by atoms with E-state index in [0.717, 1.165) is 18.7 Å². The van der Waals surface area contributed by atoms with Gasteiger partial charge in [-0.2, -0.15) is 13.2 Å². The van der Waals surface area contributed by atoms with Crippen LogP contribution in [0, 0.1) is 5.41 Å². The fraction of sp³-hybridized carbons (Fsp3) is 0.583. The summed E-state index contributed by atoms with van der Waals surface area (Å²) < 4.78 is 37.5. The Kier molecular flexibility index (Phi) is 4.09. The molecule has 0 aliphatic carbocycles. The maximum absolute atomic E-state index is 12.5. The lowest BCUT2D eigenvalue weighted by molar-refractivity contribution is -0.141. The van der Waals surface area contributed by atoms with Crippen LogP contribution in [-0.2, 0) is 6.18 Å². The molecule has 1 heterocycles. The maximum atomic E-state index is 12.5. The molecular formula is C12H18F3N3. The molecule has 3 nitrogen and oxygen atoms in total. The van der Waals surface area contributed by atoms with Gasteiger partial charge in [0, 0.05) is 6.54 Å². The molecule has 0 bridgehead atoms. The van der Waals surface area contributed by atoms with E-state index in [1.54, 1.807) is 0 Å². The SMILES string of the molecule is CCC(C)(C)CNc1cc(C(F)(F)F)ncc1N. The number of nitrogen functional groups attached to an aromatic ring is 1. The lowest BCUT2D eigenvalue weighted by Gasteiger charge is -2.24. The molecular weight excluding hydrogens is 243 g/mol. The van der Waals surface area contributed by atoms with Gasteiger partial charge in [0.15, 0.2) is 0 Å². The standard InChI is InChI=1S/C12H18F3N3/c1-4-11(2,3)7-18-9-5-10(12(13,14)15)17-6-8(9)16/h5-6H,4,7,16H2,1-3H3,(H,17,18). The van der Waals surface area contributed by atoms with E-state index in [9.17, 15) is 13.2 Å². The molecule has 0 radical (unpaired) electrons. The van der Waals surface area contributed by atoms with E-state index >= 15 is 0 Å². The van der Waals surface area contributed by atoms with Gasteiger partial charge in [-0.1, -0.05) is 20.8 Å². The number of hydrogen-bond acceptors (Lipinski definition) is 3. The molecule has 0 unspecified atom stereocenters. The van der Waals surface area contributed by atoms with Crippen LogP contribution in [0.25, 0.3) is 0 Å². The van der Waals surface area contributed by atoms with E-state index in [4.69, 9.17) is 5.73 Å². The van der Waals surface area contributed by atoms with Crippen LogP contribution < -0.4 is 11.1 Å². The summed E-state index contributed by atoms with van der Waals surface area (Å²) in [4.78, 5) is 3.28. The largest absolute Gasteiger partial charge is 0.433 e. The topological polar surface area (TPSA) is 50.9 Å². The second-order valence-corrected chi connectivity index (χ2v) is 5.03. The van der Waals surface area contributed by atoms with Crippen LogP contribution in [0.1, 0.15) is 32.9 Å². The Labute approximate surface area is 105 Å². The monoisotopic (exact) mass is 261 g/mol. The first-order valence-corrected chi connectivity index (χ1v) is 5.72. The number of halogens is 3. The van der Waals surface area contributed by atoms with Gasteiger partial charge in [-0.05, 0) is 17.9 Å². The highest BCUT2D eigenvalue weighted by Crippen LogP contribution is 2.31. The van der Waals surface area contributed by atoms with Crippen molar-refractivity contribution in [3.63, 3.8) is 0 Å². The zero-order valence-corrected chi connectivity index (χ0v) is 10.7. The minimum Gasteiger partial charge on any atom is -0.396 e. The minimum absolute atomic E-state index is 0.00585. The third-order valence-electron chi connectivity index (χ3n) is 2.94. The summed E-state index contributed by atoms with van der Waals surface area (Å²) in [6, 6.07) is 0.946. The van der Waals surface area contributed by atoms with Crippen molar-refractivity contribution < 1.29 is 13.2 Å². The number of anilines is 2. The highest BCUT2D eigenvalue weighted by molar-refractivity contribution is 5.65. The number of pyridine rings is 1. The molecule has 0 atom stereocenters. The number of nitrogens with two attached hydrogens (primary N) is 1. The molecule has 0 aliphatic rings. The van der Waals surface area contributed by atoms with Crippen LogP contribution in [-0.4, -0.2) is 11.5 Å². The van der Waals surface area contributed by atoms with Crippen LogP contribution in [0.5, 0.6) is 0 Å². The van der Waals surface area contributed by atoms with Gasteiger partial charge in [-0.15, -0.1) is 0 Å². The van der Waals surface area contributed by atoms with E-state index in [-0.39, 0.29) is 16.8 Å². The quantitative estimate of drug-likeness (QED) is 0.871. The Morgan fingerprint density at radius 3 is 2.44 bits per heavy atom. The van der Waals surface area contributed by atoms with E-state index in [0.29, 0.717) is 6.54 Å². The van der Waals surface area contributed by atoms with Gasteiger partial charge in [-0.3, -0.25) is 0 Å². The summed E-state index contributed by atoms with van der Waals surface area (Å²) >= 11 is 0. The molecule has 0 amide bonds. The van der Waals surface area contributed by atoms with Gasteiger partial charge >= 0.3 is 6.18 Å².